The number of piperidine rings is 1. The van der Waals surface area contributed by atoms with Gasteiger partial charge in [0, 0.05) is 36.6 Å². The number of nitrogen functional groups attached to an aromatic ring is 2. The Kier molecular flexibility index (Phi) is 6.20. The lowest BCUT2D eigenvalue weighted by Crippen LogP contribution is -2.44. The van der Waals surface area contributed by atoms with Gasteiger partial charge in [0.2, 0.25) is 0 Å². The summed E-state index contributed by atoms with van der Waals surface area (Å²) < 4.78 is 0. The Morgan fingerprint density at radius 2 is 1.97 bits per heavy atom. The average Bonchev–Trinajstić information content (AvgIpc) is 3.48. The zero-order chi connectivity index (χ0) is 23.7. The van der Waals surface area contributed by atoms with Crippen LogP contribution in [0.15, 0.2) is 47.2 Å². The smallest absolute Gasteiger partial charge is 0.263 e. The number of amides is 1. The normalized spacial score (nSPS) is 14.8. The molecule has 5 rings (SSSR count). The number of pyridine rings is 1. The van der Waals surface area contributed by atoms with Gasteiger partial charge < -0.3 is 16.8 Å². The third-order valence-corrected chi connectivity index (χ3v) is 7.99. The van der Waals surface area contributed by atoms with Crippen LogP contribution < -0.4 is 16.8 Å². The fourth-order valence-electron chi connectivity index (χ4n) is 4.48. The molecule has 1 aromatic carbocycles. The van der Waals surface area contributed by atoms with Crippen LogP contribution in [-0.4, -0.2) is 34.9 Å². The van der Waals surface area contributed by atoms with E-state index in [9.17, 15) is 10.1 Å². The number of hydrogen-bond donors (Lipinski definition) is 3. The first kappa shape index (κ1) is 22.3. The first-order valence-corrected chi connectivity index (χ1v) is 12.8. The van der Waals surface area contributed by atoms with Gasteiger partial charge in [-0.05, 0) is 40.8 Å². The summed E-state index contributed by atoms with van der Waals surface area (Å²) in [7, 11) is 0. The fourth-order valence-corrected chi connectivity index (χ4v) is 6.14. The summed E-state index contributed by atoms with van der Waals surface area (Å²) >= 11 is 2.74. The van der Waals surface area contributed by atoms with Gasteiger partial charge in [0.1, 0.15) is 27.2 Å². The van der Waals surface area contributed by atoms with E-state index in [1.165, 1.54) is 28.2 Å². The molecule has 1 aliphatic heterocycles. The van der Waals surface area contributed by atoms with Gasteiger partial charge >= 0.3 is 0 Å². The molecule has 4 heterocycles. The van der Waals surface area contributed by atoms with Gasteiger partial charge in [-0.2, -0.15) is 16.6 Å². The molecular weight excluding hydrogens is 464 g/mol. The molecule has 0 spiro atoms. The van der Waals surface area contributed by atoms with Crippen LogP contribution in [0.5, 0.6) is 0 Å². The van der Waals surface area contributed by atoms with Gasteiger partial charge in [-0.25, -0.2) is 4.98 Å². The number of nitrogens with one attached hydrogen (secondary N) is 1. The maximum Gasteiger partial charge on any atom is 0.263 e. The maximum atomic E-state index is 13.2. The number of anilines is 2. The van der Waals surface area contributed by atoms with Crippen LogP contribution in [0.4, 0.5) is 11.5 Å². The van der Waals surface area contributed by atoms with Gasteiger partial charge in [-0.1, -0.05) is 30.3 Å². The zero-order valence-electron chi connectivity index (χ0n) is 18.5. The predicted octanol–water partition coefficient (Wildman–Crippen LogP) is 4.46. The van der Waals surface area contributed by atoms with E-state index in [1.54, 1.807) is 0 Å². The van der Waals surface area contributed by atoms with Gasteiger partial charge in [-0.3, -0.25) is 9.69 Å². The van der Waals surface area contributed by atoms with E-state index in [2.05, 4.69) is 45.5 Å². The van der Waals surface area contributed by atoms with E-state index in [-0.39, 0.29) is 23.3 Å². The Balaban J connectivity index is 1.35. The Morgan fingerprint density at radius 3 is 2.65 bits per heavy atom. The number of aromatic nitrogens is 1. The minimum atomic E-state index is -0.199. The topological polar surface area (TPSA) is 121 Å². The molecule has 172 valence electrons. The molecule has 0 unspecified atom stereocenters. The second kappa shape index (κ2) is 9.43. The van der Waals surface area contributed by atoms with Crippen molar-refractivity contribution >= 4 is 50.3 Å². The summed E-state index contributed by atoms with van der Waals surface area (Å²) in [5.41, 5.74) is 16.0. The molecule has 0 atom stereocenters. The Morgan fingerprint density at radius 1 is 1.21 bits per heavy atom. The number of rotatable bonds is 5. The Bertz CT molecular complexity index is 1370. The maximum absolute atomic E-state index is 13.2. The van der Waals surface area contributed by atoms with Crippen molar-refractivity contribution in [1.29, 1.82) is 5.26 Å². The number of thiophene rings is 2. The number of hydrogen-bond acceptors (Lipinski definition) is 8. The molecule has 1 aliphatic rings. The summed E-state index contributed by atoms with van der Waals surface area (Å²) in [5, 5.41) is 17.4. The van der Waals surface area contributed by atoms with E-state index >= 15 is 0 Å². The summed E-state index contributed by atoms with van der Waals surface area (Å²) in [6.07, 6.45) is 1.76. The van der Waals surface area contributed by atoms with E-state index in [1.807, 2.05) is 22.9 Å². The number of carbonyl (C=O) groups is 1. The van der Waals surface area contributed by atoms with E-state index in [0.29, 0.717) is 26.3 Å². The molecule has 34 heavy (non-hydrogen) atoms. The van der Waals surface area contributed by atoms with E-state index in [0.717, 1.165) is 38.0 Å². The lowest BCUT2D eigenvalue weighted by atomic mass is 9.99. The molecule has 3 aromatic heterocycles. The highest BCUT2D eigenvalue weighted by Crippen LogP contribution is 2.43. The zero-order valence-corrected chi connectivity index (χ0v) is 20.1. The van der Waals surface area contributed by atoms with Gasteiger partial charge in [0.25, 0.3) is 5.91 Å². The highest BCUT2D eigenvalue weighted by Gasteiger charge is 2.27. The molecule has 0 bridgehead atoms. The molecule has 1 fully saturated rings. The van der Waals surface area contributed by atoms with Gasteiger partial charge in [0.15, 0.2) is 0 Å². The van der Waals surface area contributed by atoms with Crippen LogP contribution in [0.25, 0.3) is 21.3 Å². The summed E-state index contributed by atoms with van der Waals surface area (Å²) in [6.45, 7) is 2.77. The number of carbonyl (C=O) groups excluding carboxylic acids is 1. The van der Waals surface area contributed by atoms with Crippen molar-refractivity contribution in [3.05, 3.63) is 63.2 Å². The molecule has 7 nitrogen and oxygen atoms in total. The van der Waals surface area contributed by atoms with E-state index in [4.69, 9.17) is 11.5 Å². The van der Waals surface area contributed by atoms with Crippen molar-refractivity contribution in [2.24, 2.45) is 0 Å². The van der Waals surface area contributed by atoms with Crippen LogP contribution in [0.1, 0.15) is 33.6 Å². The summed E-state index contributed by atoms with van der Waals surface area (Å²) in [5.74, 6) is -0.0504. The third-order valence-electron chi connectivity index (χ3n) is 6.20. The SMILES string of the molecule is N#Cc1c(N)nc2sc(C(=O)NC3CCN(Cc4ccccc4)CC3)c(N)c2c1-c1ccsc1. The van der Waals surface area contributed by atoms with Crippen LogP contribution in [-0.2, 0) is 6.54 Å². The molecule has 0 radical (unpaired) electrons. The van der Waals surface area contributed by atoms with Crippen molar-refractivity contribution in [3.8, 4) is 17.2 Å². The summed E-state index contributed by atoms with van der Waals surface area (Å²) in [4.78, 5) is 21.0. The van der Waals surface area contributed by atoms with Crippen molar-refractivity contribution in [2.75, 3.05) is 24.6 Å². The monoisotopic (exact) mass is 488 g/mol. The molecule has 0 saturated carbocycles. The molecule has 1 saturated heterocycles. The number of likely N-dealkylation sites (tertiary alicyclic amines) is 1. The Labute approximate surface area is 205 Å². The molecule has 9 heteroatoms. The van der Waals surface area contributed by atoms with Crippen molar-refractivity contribution in [2.45, 2.75) is 25.4 Å². The fraction of sp³-hybridized carbons (Fsp3) is 0.240. The second-order valence-electron chi connectivity index (χ2n) is 8.41. The number of fused-ring (bicyclic) bond motifs is 1. The van der Waals surface area contributed by atoms with Crippen molar-refractivity contribution in [3.63, 3.8) is 0 Å². The number of nitriles is 1. The first-order chi connectivity index (χ1) is 16.5. The van der Waals surface area contributed by atoms with Crippen molar-refractivity contribution in [1.82, 2.24) is 15.2 Å². The summed E-state index contributed by atoms with van der Waals surface area (Å²) in [6, 6.07) is 14.6. The van der Waals surface area contributed by atoms with E-state index < -0.39 is 0 Å². The van der Waals surface area contributed by atoms with Crippen LogP contribution >= 0.6 is 22.7 Å². The van der Waals surface area contributed by atoms with Gasteiger partial charge in [0.05, 0.1) is 5.69 Å². The first-order valence-electron chi connectivity index (χ1n) is 11.1. The molecule has 1 amide bonds. The van der Waals surface area contributed by atoms with Gasteiger partial charge in [-0.15, -0.1) is 11.3 Å². The average molecular weight is 489 g/mol. The second-order valence-corrected chi connectivity index (χ2v) is 10.2. The highest BCUT2D eigenvalue weighted by atomic mass is 32.1. The third kappa shape index (κ3) is 4.23. The quantitative estimate of drug-likeness (QED) is 0.381. The van der Waals surface area contributed by atoms with Crippen molar-refractivity contribution < 1.29 is 4.79 Å². The largest absolute Gasteiger partial charge is 0.397 e. The minimum Gasteiger partial charge on any atom is -0.397 e. The molecule has 0 aliphatic carbocycles. The standard InChI is InChI=1S/C25H24N6OS2/c26-12-18-19(16-8-11-33-14-16)20-21(27)22(34-25(20)30-23(18)28)24(32)29-17-6-9-31(10-7-17)13-15-4-2-1-3-5-15/h1-5,8,11,14,17H,6-7,9-10,13,27H2,(H2,28,30)(H,29,32). The number of benzene rings is 1. The molecule has 4 aromatic rings. The van der Waals surface area contributed by atoms with Crippen LogP contribution in [0, 0.1) is 11.3 Å². The molecule has 5 N–H and O–H groups in total. The highest BCUT2D eigenvalue weighted by molar-refractivity contribution is 7.21. The molecular formula is C25H24N6OS2. The Hall–Kier alpha value is -3.45. The minimum absolute atomic E-state index is 0.0909. The van der Waals surface area contributed by atoms with Crippen LogP contribution in [0.3, 0.4) is 0 Å². The lowest BCUT2D eigenvalue weighted by molar-refractivity contribution is 0.0914. The predicted molar refractivity (Wildman–Crippen MR) is 139 cm³/mol. The lowest BCUT2D eigenvalue weighted by Gasteiger charge is -2.32. The number of nitrogens with zero attached hydrogens (tertiary/aromatic N) is 3. The van der Waals surface area contributed by atoms with Crippen LogP contribution in [0.2, 0.25) is 0 Å². The number of nitrogens with two attached hydrogens (primary N) is 2.